The first-order chi connectivity index (χ1) is 20.8. The van der Waals surface area contributed by atoms with Crippen LogP contribution in [0.5, 0.6) is 0 Å². The van der Waals surface area contributed by atoms with Gasteiger partial charge in [-0.3, -0.25) is 0 Å². The minimum absolute atomic E-state index is 0. The van der Waals surface area contributed by atoms with Crippen molar-refractivity contribution in [3.05, 3.63) is 12.7 Å². The largest absolute Gasteiger partial charge is 1.00 e. The number of halogens is 2. The van der Waals surface area contributed by atoms with Gasteiger partial charge in [0.2, 0.25) is 0 Å². The summed E-state index contributed by atoms with van der Waals surface area (Å²) >= 11 is 11.6. The van der Waals surface area contributed by atoms with Gasteiger partial charge in [-0.05, 0) is 24.9 Å². The first-order valence-corrected chi connectivity index (χ1v) is 48.7. The summed E-state index contributed by atoms with van der Waals surface area (Å²) in [5.74, 6) is 0. The average Bonchev–Trinajstić information content (AvgIpc) is 3.35. The zero-order valence-electron chi connectivity index (χ0n) is 38.9. The third kappa shape index (κ3) is 119. The maximum atomic E-state index is 6.22. The Bertz CT molecular complexity index is 635. The van der Waals surface area contributed by atoms with E-state index in [2.05, 4.69) is 138 Å². The fourth-order valence-electron chi connectivity index (χ4n) is 4.06. The quantitative estimate of drug-likeness (QED) is 0.0957. The van der Waals surface area contributed by atoms with Crippen LogP contribution in [-0.4, -0.2) is 96.0 Å². The van der Waals surface area contributed by atoms with Gasteiger partial charge in [0.25, 0.3) is 0 Å². The predicted molar refractivity (Wildman–Crippen MR) is 275 cm³/mol. The molecule has 0 aromatic heterocycles. The van der Waals surface area contributed by atoms with Crippen molar-refractivity contribution in [1.82, 2.24) is 0 Å². The van der Waals surface area contributed by atoms with Crippen LogP contribution in [0, 0.1) is 0 Å². The van der Waals surface area contributed by atoms with E-state index in [0.717, 1.165) is 13.2 Å². The molecule has 0 bridgehead atoms. The summed E-state index contributed by atoms with van der Waals surface area (Å²) in [5, 5.41) is 0. The minimum atomic E-state index is -1.26. The Balaban J connectivity index is -0.0000000512. The van der Waals surface area contributed by atoms with Gasteiger partial charge in [0.05, 0.1) is 0 Å². The van der Waals surface area contributed by atoms with Gasteiger partial charge in [-0.25, -0.2) is 0 Å². The standard InChI is InChI=1S/C8H21ClSi2.2C8H22Si2.C6H14Si.C4H8O.C2H7ClSi.CH4.Al.Li.Pt.4H/c1-10(2,3)7-6-8-11(4,5)9;2*1-9(2)7-6-8-10(3,4)5;1-5-6-7(2,3)4;1-2-4-5-3-1;1-4(2)3;;;;;;;;/h6-8H2,1-5H3;2*9H,6-8H2,1-5H3;5H,1,6H2,2-4H3;1-4H2;4H,1-2H3;1H4;;;;;;;/q;;;;;;;;+1;;;;;-1. The van der Waals surface area contributed by atoms with Gasteiger partial charge >= 0.3 is 18.9 Å². The summed E-state index contributed by atoms with van der Waals surface area (Å²) in [6.45, 7) is 53.2. The summed E-state index contributed by atoms with van der Waals surface area (Å²) in [7, 11) is -5.38. The molecule has 1 aliphatic rings. The van der Waals surface area contributed by atoms with Gasteiger partial charge in [0.1, 0.15) is 15.5 Å². The van der Waals surface area contributed by atoms with E-state index in [4.69, 9.17) is 26.9 Å². The molecule has 0 atom stereocenters. The van der Waals surface area contributed by atoms with Gasteiger partial charge in [0.15, 0.2) is 17.4 Å². The summed E-state index contributed by atoms with van der Waals surface area (Å²) in [6, 6.07) is 10.2. The van der Waals surface area contributed by atoms with Gasteiger partial charge in [-0.2, -0.15) is 22.2 Å². The monoisotopic (exact) mass is 1090 g/mol. The van der Waals surface area contributed by atoms with Gasteiger partial charge < -0.3 is 6.16 Å². The molecule has 0 spiro atoms. The molecule has 51 heavy (non-hydrogen) atoms. The minimum Gasteiger partial charge on any atom is -1.00 e. The number of allylic oxidation sites excluding steroid dienone is 1. The maximum Gasteiger partial charge on any atom is 1.00 e. The van der Waals surface area contributed by atoms with Crippen LogP contribution in [0.15, 0.2) is 12.7 Å². The van der Waals surface area contributed by atoms with E-state index in [1.54, 1.807) is 12.1 Å². The molecule has 14 heteroatoms. The van der Waals surface area contributed by atoms with Crippen molar-refractivity contribution in [2.45, 2.75) is 213 Å². The molecule has 0 saturated carbocycles. The van der Waals surface area contributed by atoms with E-state index >= 15 is 0 Å². The molecular weight excluding hydrogens is 985 g/mol. The summed E-state index contributed by atoms with van der Waals surface area (Å²) in [4.78, 5) is 0. The average molecular weight is 1090 g/mol. The van der Waals surface area contributed by atoms with Crippen molar-refractivity contribution >= 4 is 105 Å². The molecular formula is C37H102AlCl2LiOPtSi8. The Labute approximate surface area is 385 Å². The molecule has 0 aromatic carbocycles. The van der Waals surface area contributed by atoms with Crippen LogP contribution in [0.4, 0.5) is 0 Å². The molecule has 0 radical (unpaired) electrons. The second-order valence-corrected chi connectivity index (χ2v) is 61.0. The van der Waals surface area contributed by atoms with Crippen molar-refractivity contribution in [1.29, 1.82) is 0 Å². The SMILES string of the molecule is C.C1CCOC1.C=CC[Si](C)(C)C.C[SiH](C)CCC[Si](C)(C)C.C[SiH](C)CCC[Si](C)(C)C.C[SiH](C)Cl.C[Si](C)(C)CCC[Si](C)(C)Cl.[AlH3].[H-].[Li+].[Pt]. The van der Waals surface area contributed by atoms with Crippen LogP contribution < -0.4 is 18.9 Å². The Morgan fingerprint density at radius 2 is 0.882 bits per heavy atom. The van der Waals surface area contributed by atoms with Crippen molar-refractivity contribution < 1.29 is 46.1 Å². The molecule has 1 heterocycles. The van der Waals surface area contributed by atoms with E-state index in [9.17, 15) is 0 Å². The maximum absolute atomic E-state index is 6.22. The van der Waals surface area contributed by atoms with Crippen LogP contribution in [0.2, 0.25) is 173 Å². The first kappa shape index (κ1) is 75.6. The molecule has 1 fully saturated rings. The van der Waals surface area contributed by atoms with Crippen LogP contribution >= 0.6 is 22.2 Å². The molecule has 316 valence electrons. The molecule has 1 nitrogen and oxygen atoms in total. The molecule has 1 rings (SSSR count). The van der Waals surface area contributed by atoms with Crippen molar-refractivity contribution in [2.75, 3.05) is 13.2 Å². The fraction of sp³-hybridized carbons (Fsp3) is 0.946. The second kappa shape index (κ2) is 43.4. The van der Waals surface area contributed by atoms with Crippen LogP contribution in [0.1, 0.15) is 41.0 Å². The van der Waals surface area contributed by atoms with Crippen molar-refractivity contribution in [3.63, 3.8) is 0 Å². The molecule has 0 amide bonds. The van der Waals surface area contributed by atoms with E-state index in [1.807, 2.05) is 6.08 Å². The zero-order chi connectivity index (χ0) is 38.5. The van der Waals surface area contributed by atoms with Crippen LogP contribution in [0.25, 0.3) is 0 Å². The molecule has 0 unspecified atom stereocenters. The number of hydrogen-bond donors (Lipinski definition) is 0. The molecule has 0 N–H and O–H groups in total. The molecule has 0 aliphatic carbocycles. The Hall–Kier alpha value is 3.83. The van der Waals surface area contributed by atoms with Crippen molar-refractivity contribution in [2.24, 2.45) is 0 Å². The zero-order valence-corrected chi connectivity index (χ0v) is 50.1. The van der Waals surface area contributed by atoms with Crippen molar-refractivity contribution in [3.8, 4) is 0 Å². The second-order valence-electron chi connectivity index (χ2n) is 20.2. The van der Waals surface area contributed by atoms with Crippen LogP contribution in [0.3, 0.4) is 0 Å². The van der Waals surface area contributed by atoms with Gasteiger partial charge in [-0.1, -0.05) is 194 Å². The number of rotatable bonds is 14. The van der Waals surface area contributed by atoms with E-state index in [-0.39, 0.29) is 83.7 Å². The molecule has 0 aromatic rings. The Morgan fingerprint density at radius 1 is 0.608 bits per heavy atom. The van der Waals surface area contributed by atoms with Crippen LogP contribution in [-0.2, 0) is 25.8 Å². The first-order valence-electron chi connectivity index (χ1n) is 19.3. The third-order valence-corrected chi connectivity index (χ3v) is 19.0. The normalized spacial score (nSPS) is 12.5. The molecule has 1 saturated heterocycles. The summed E-state index contributed by atoms with van der Waals surface area (Å²) < 4.78 is 4.94. The van der Waals surface area contributed by atoms with E-state index in [0.29, 0.717) is 0 Å². The van der Waals surface area contributed by atoms with Gasteiger partial charge in [-0.15, -0.1) is 6.58 Å². The predicted octanol–water partition coefficient (Wildman–Crippen LogP) is 11.6. The summed E-state index contributed by atoms with van der Waals surface area (Å²) in [5.41, 5.74) is 0. The smallest absolute Gasteiger partial charge is 1.00 e. The molecule has 1 aliphatic heterocycles. The number of hydrogen-bond acceptors (Lipinski definition) is 1. The third-order valence-electron chi connectivity index (χ3n) is 6.70. The Morgan fingerprint density at radius 3 is 1.02 bits per heavy atom. The van der Waals surface area contributed by atoms with E-state index < -0.39 is 47.8 Å². The topological polar surface area (TPSA) is 9.23 Å². The fourth-order valence-corrected chi connectivity index (χ4v) is 13.3. The number of ether oxygens (including phenoxy) is 1. The van der Waals surface area contributed by atoms with Gasteiger partial charge in [0, 0.05) is 84.2 Å². The summed E-state index contributed by atoms with van der Waals surface area (Å²) in [6.07, 6.45) is 8.96. The Kier molecular flexibility index (Phi) is 64.4. The van der Waals surface area contributed by atoms with E-state index in [1.165, 1.54) is 62.3 Å².